The van der Waals surface area contributed by atoms with Crippen LogP contribution in [0, 0.1) is 6.92 Å². The summed E-state index contributed by atoms with van der Waals surface area (Å²) in [5.41, 5.74) is 3.51. The lowest BCUT2D eigenvalue weighted by molar-refractivity contribution is 0.0777. The summed E-state index contributed by atoms with van der Waals surface area (Å²) in [7, 11) is 0. The summed E-state index contributed by atoms with van der Waals surface area (Å²) in [6.45, 7) is 7.31. The van der Waals surface area contributed by atoms with E-state index in [0.29, 0.717) is 30.5 Å². The summed E-state index contributed by atoms with van der Waals surface area (Å²) in [4.78, 5) is 25.5. The van der Waals surface area contributed by atoms with E-state index in [0.717, 1.165) is 32.0 Å². The Morgan fingerprint density at radius 2 is 2.14 bits per heavy atom. The zero-order valence-electron chi connectivity index (χ0n) is 16.1. The molecule has 1 saturated carbocycles. The first-order valence-electron chi connectivity index (χ1n) is 9.60. The number of carbonyl (C=O) groups is 1. The van der Waals surface area contributed by atoms with Crippen molar-refractivity contribution in [2.45, 2.75) is 39.5 Å². The number of hydrogen-bond donors (Lipinski definition) is 1. The third-order valence-electron chi connectivity index (χ3n) is 5.36. The molecule has 0 atom stereocenters. The molecule has 1 N–H and O–H groups in total. The van der Waals surface area contributed by atoms with Crippen LogP contribution in [0.3, 0.4) is 0 Å². The largest absolute Gasteiger partial charge is 0.338 e. The maximum absolute atomic E-state index is 12.9. The Balaban J connectivity index is 1.62. The van der Waals surface area contributed by atoms with E-state index in [-0.39, 0.29) is 5.91 Å². The number of amides is 1. The van der Waals surface area contributed by atoms with Crippen LogP contribution >= 0.6 is 11.3 Å². The lowest BCUT2D eigenvalue weighted by atomic mass is 10.2. The van der Waals surface area contributed by atoms with E-state index in [1.807, 2.05) is 31.7 Å². The SMILES string of the molecule is CCN(CC)C(=O)c1sc2ncn3nc(-c4cc(C5CC5)[nH]n4)nc3c2c1C. The van der Waals surface area contributed by atoms with Gasteiger partial charge in [-0.3, -0.25) is 9.89 Å². The maximum Gasteiger partial charge on any atom is 0.264 e. The van der Waals surface area contributed by atoms with Crippen molar-refractivity contribution < 1.29 is 4.79 Å². The van der Waals surface area contributed by atoms with Gasteiger partial charge in [0.05, 0.1) is 10.3 Å². The Hall–Kier alpha value is -2.81. The molecule has 0 unspecified atom stereocenters. The maximum atomic E-state index is 12.9. The molecule has 0 aromatic carbocycles. The number of H-pyrrole nitrogens is 1. The van der Waals surface area contributed by atoms with Gasteiger partial charge in [-0.15, -0.1) is 16.4 Å². The Morgan fingerprint density at radius 1 is 1.36 bits per heavy atom. The first-order chi connectivity index (χ1) is 13.6. The van der Waals surface area contributed by atoms with Crippen LogP contribution in [0.2, 0.25) is 0 Å². The highest BCUT2D eigenvalue weighted by Gasteiger charge is 2.27. The normalized spacial score (nSPS) is 14.2. The number of fused-ring (bicyclic) bond motifs is 3. The van der Waals surface area contributed by atoms with E-state index < -0.39 is 0 Å². The summed E-state index contributed by atoms with van der Waals surface area (Å²) in [6.07, 6.45) is 4.08. The van der Waals surface area contributed by atoms with Gasteiger partial charge in [0.15, 0.2) is 5.65 Å². The number of hydrogen-bond acceptors (Lipinski definition) is 6. The molecule has 9 heteroatoms. The van der Waals surface area contributed by atoms with Crippen LogP contribution in [0.15, 0.2) is 12.4 Å². The van der Waals surface area contributed by atoms with Crippen LogP contribution in [0.5, 0.6) is 0 Å². The van der Waals surface area contributed by atoms with Gasteiger partial charge < -0.3 is 4.90 Å². The fourth-order valence-corrected chi connectivity index (χ4v) is 4.67. The number of carbonyl (C=O) groups excluding carboxylic acids is 1. The van der Waals surface area contributed by atoms with E-state index in [4.69, 9.17) is 4.98 Å². The fraction of sp³-hybridized carbons (Fsp3) is 0.421. The molecule has 4 heterocycles. The molecule has 0 aliphatic heterocycles. The highest BCUT2D eigenvalue weighted by atomic mass is 32.1. The standard InChI is InChI=1S/C19H21N7OS/c1-4-25(5-2)19(27)15-10(3)14-17-21-16(24-26(17)9-20-18(14)28-15)13-8-12(22-23-13)11-6-7-11/h8-9,11H,4-7H2,1-3H3,(H,22,23). The quantitative estimate of drug-likeness (QED) is 0.559. The molecule has 0 bridgehead atoms. The minimum Gasteiger partial charge on any atom is -0.338 e. The van der Waals surface area contributed by atoms with Crippen LogP contribution in [0.1, 0.15) is 53.5 Å². The summed E-state index contributed by atoms with van der Waals surface area (Å²) in [6, 6.07) is 2.03. The molecule has 144 valence electrons. The second kappa shape index (κ2) is 6.37. The summed E-state index contributed by atoms with van der Waals surface area (Å²) < 4.78 is 1.68. The van der Waals surface area contributed by atoms with Crippen LogP contribution in [0.4, 0.5) is 0 Å². The van der Waals surface area contributed by atoms with Crippen molar-refractivity contribution in [3.8, 4) is 11.5 Å². The zero-order chi connectivity index (χ0) is 19.4. The molecule has 4 aromatic rings. The van der Waals surface area contributed by atoms with Gasteiger partial charge in [-0.1, -0.05) is 0 Å². The van der Waals surface area contributed by atoms with Gasteiger partial charge in [0, 0.05) is 24.7 Å². The number of aryl methyl sites for hydroxylation is 1. The molecule has 1 aliphatic carbocycles. The van der Waals surface area contributed by atoms with E-state index in [1.165, 1.54) is 24.2 Å². The molecule has 8 nitrogen and oxygen atoms in total. The number of thiophene rings is 1. The highest BCUT2D eigenvalue weighted by Crippen LogP contribution is 2.40. The first-order valence-corrected chi connectivity index (χ1v) is 10.4. The fourth-order valence-electron chi connectivity index (χ4n) is 3.56. The van der Waals surface area contributed by atoms with Crippen LogP contribution in [0.25, 0.3) is 27.4 Å². The lowest BCUT2D eigenvalue weighted by Crippen LogP contribution is -2.30. The van der Waals surface area contributed by atoms with Gasteiger partial charge in [-0.25, -0.2) is 14.5 Å². The van der Waals surface area contributed by atoms with Gasteiger partial charge in [0.2, 0.25) is 5.82 Å². The molecule has 4 aromatic heterocycles. The molecule has 1 amide bonds. The van der Waals surface area contributed by atoms with Crippen molar-refractivity contribution in [1.29, 1.82) is 0 Å². The van der Waals surface area contributed by atoms with Gasteiger partial charge in [-0.05, 0) is 45.2 Å². The van der Waals surface area contributed by atoms with Gasteiger partial charge in [0.1, 0.15) is 16.9 Å². The molecule has 1 aliphatic rings. The number of aromatic nitrogens is 6. The van der Waals surface area contributed by atoms with Crippen molar-refractivity contribution in [3.05, 3.63) is 28.5 Å². The second-order valence-electron chi connectivity index (χ2n) is 7.14. The number of rotatable bonds is 5. The van der Waals surface area contributed by atoms with Crippen molar-refractivity contribution >= 4 is 33.1 Å². The Bertz CT molecular complexity index is 1200. The topological polar surface area (TPSA) is 92.1 Å². The van der Waals surface area contributed by atoms with Crippen molar-refractivity contribution in [1.82, 2.24) is 34.7 Å². The van der Waals surface area contributed by atoms with E-state index in [2.05, 4.69) is 20.3 Å². The van der Waals surface area contributed by atoms with Gasteiger partial charge in [-0.2, -0.15) is 5.10 Å². The molecule has 28 heavy (non-hydrogen) atoms. The Kier molecular flexibility index (Phi) is 3.94. The first kappa shape index (κ1) is 17.3. The third-order valence-corrected chi connectivity index (χ3v) is 6.54. The molecule has 0 saturated heterocycles. The molecular weight excluding hydrogens is 374 g/mol. The second-order valence-corrected chi connectivity index (χ2v) is 8.14. The smallest absolute Gasteiger partial charge is 0.264 e. The number of nitrogens with one attached hydrogen (secondary N) is 1. The number of nitrogens with zero attached hydrogens (tertiary/aromatic N) is 6. The minimum atomic E-state index is 0.0461. The molecule has 0 radical (unpaired) electrons. The number of aromatic amines is 1. The van der Waals surface area contributed by atoms with Crippen molar-refractivity contribution in [3.63, 3.8) is 0 Å². The van der Waals surface area contributed by atoms with E-state index >= 15 is 0 Å². The van der Waals surface area contributed by atoms with Crippen molar-refractivity contribution in [2.24, 2.45) is 0 Å². The van der Waals surface area contributed by atoms with Gasteiger partial charge >= 0.3 is 0 Å². The average Bonchev–Trinajstić information content (AvgIpc) is 3.14. The molecule has 1 fully saturated rings. The summed E-state index contributed by atoms with van der Waals surface area (Å²) in [5.74, 6) is 1.21. The Labute approximate surface area is 165 Å². The Morgan fingerprint density at radius 3 is 2.86 bits per heavy atom. The predicted molar refractivity (Wildman–Crippen MR) is 108 cm³/mol. The van der Waals surface area contributed by atoms with E-state index in [1.54, 1.807) is 10.8 Å². The monoisotopic (exact) mass is 395 g/mol. The predicted octanol–water partition coefficient (Wildman–Crippen LogP) is 3.40. The summed E-state index contributed by atoms with van der Waals surface area (Å²) >= 11 is 1.42. The van der Waals surface area contributed by atoms with Crippen LogP contribution in [-0.4, -0.2) is 53.7 Å². The van der Waals surface area contributed by atoms with Crippen molar-refractivity contribution in [2.75, 3.05) is 13.1 Å². The molecule has 0 spiro atoms. The highest BCUT2D eigenvalue weighted by molar-refractivity contribution is 7.20. The molecule has 5 rings (SSSR count). The van der Waals surface area contributed by atoms with Crippen LogP contribution in [-0.2, 0) is 0 Å². The third kappa shape index (κ3) is 2.61. The summed E-state index contributed by atoms with van der Waals surface area (Å²) in [5, 5.41) is 12.9. The average molecular weight is 395 g/mol. The van der Waals surface area contributed by atoms with E-state index in [9.17, 15) is 4.79 Å². The minimum absolute atomic E-state index is 0.0461. The molecular formula is C19H21N7OS. The van der Waals surface area contributed by atoms with Gasteiger partial charge in [0.25, 0.3) is 5.91 Å². The van der Waals surface area contributed by atoms with Crippen LogP contribution < -0.4 is 0 Å². The zero-order valence-corrected chi connectivity index (χ0v) is 16.9. The lowest BCUT2D eigenvalue weighted by Gasteiger charge is -2.17.